The number of hydrogen-bond acceptors (Lipinski definition) is 8. The van der Waals surface area contributed by atoms with Gasteiger partial charge in [0.15, 0.2) is 11.6 Å². The molecular formula is C24H31Cl2N5O3. The molecule has 2 N–H and O–H groups in total. The van der Waals surface area contributed by atoms with E-state index in [4.69, 9.17) is 42.4 Å². The van der Waals surface area contributed by atoms with Crippen LogP contribution in [0.4, 0.5) is 5.82 Å². The number of hydrazine groups is 1. The van der Waals surface area contributed by atoms with Crippen molar-refractivity contribution in [2.45, 2.75) is 50.5 Å². The summed E-state index contributed by atoms with van der Waals surface area (Å²) in [5, 5.41) is 1.07. The lowest BCUT2D eigenvalue weighted by atomic mass is 9.78. The van der Waals surface area contributed by atoms with E-state index < -0.39 is 0 Å². The molecule has 3 aliphatic rings. The summed E-state index contributed by atoms with van der Waals surface area (Å²) in [6.07, 6.45) is 8.03. The highest BCUT2D eigenvalue weighted by Crippen LogP contribution is 2.42. The lowest BCUT2D eigenvalue weighted by Crippen LogP contribution is -2.37. The van der Waals surface area contributed by atoms with E-state index in [0.29, 0.717) is 35.2 Å². The van der Waals surface area contributed by atoms with Crippen molar-refractivity contribution in [1.82, 2.24) is 20.8 Å². The Kier molecular flexibility index (Phi) is 7.44. The van der Waals surface area contributed by atoms with Crippen LogP contribution in [0.2, 0.25) is 10.0 Å². The number of morpholine rings is 1. The number of methoxy groups -OCH3 is 1. The largest absolute Gasteiger partial charge is 0.493 e. The molecule has 8 nitrogen and oxygen atoms in total. The second kappa shape index (κ2) is 10.5. The van der Waals surface area contributed by atoms with E-state index in [9.17, 15) is 0 Å². The molecule has 0 bridgehead atoms. The van der Waals surface area contributed by atoms with Gasteiger partial charge >= 0.3 is 0 Å². The Morgan fingerprint density at radius 2 is 1.88 bits per heavy atom. The quantitative estimate of drug-likeness (QED) is 0.604. The van der Waals surface area contributed by atoms with Crippen molar-refractivity contribution in [2.24, 2.45) is 5.92 Å². The van der Waals surface area contributed by atoms with E-state index in [1.54, 1.807) is 19.5 Å². The van der Waals surface area contributed by atoms with Crippen LogP contribution < -0.4 is 20.5 Å². The Hall–Kier alpha value is -1.68. The van der Waals surface area contributed by atoms with Crippen molar-refractivity contribution in [1.29, 1.82) is 0 Å². The molecule has 5 atom stereocenters. The van der Waals surface area contributed by atoms with Crippen molar-refractivity contribution >= 4 is 29.0 Å². The maximum absolute atomic E-state index is 6.46. The number of ether oxygens (including phenoxy) is 3. The summed E-state index contributed by atoms with van der Waals surface area (Å²) in [5.41, 5.74) is 8.91. The van der Waals surface area contributed by atoms with Crippen LogP contribution in [-0.2, 0) is 9.47 Å². The smallest absolute Gasteiger partial charge is 0.171 e. The van der Waals surface area contributed by atoms with Gasteiger partial charge in [0.25, 0.3) is 0 Å². The fourth-order valence-corrected chi connectivity index (χ4v) is 6.09. The van der Waals surface area contributed by atoms with Crippen LogP contribution in [0.25, 0.3) is 0 Å². The lowest BCUT2D eigenvalue weighted by Gasteiger charge is -2.35. The molecule has 0 amide bonds. The van der Waals surface area contributed by atoms with Crippen molar-refractivity contribution in [2.75, 3.05) is 38.3 Å². The van der Waals surface area contributed by atoms with Crippen LogP contribution in [0.15, 0.2) is 24.7 Å². The van der Waals surface area contributed by atoms with Crippen LogP contribution in [0, 0.1) is 5.92 Å². The van der Waals surface area contributed by atoms with Gasteiger partial charge in [-0.2, -0.15) is 0 Å². The number of nitrogens with zero attached hydrogens (tertiary/aromatic N) is 3. The molecule has 34 heavy (non-hydrogen) atoms. The summed E-state index contributed by atoms with van der Waals surface area (Å²) >= 11 is 12.7. The zero-order chi connectivity index (χ0) is 23.7. The Bertz CT molecular complexity index is 986. The molecule has 184 valence electrons. The van der Waals surface area contributed by atoms with Gasteiger partial charge in [-0.25, -0.2) is 10.4 Å². The van der Waals surface area contributed by atoms with Crippen molar-refractivity contribution in [3.63, 3.8) is 0 Å². The summed E-state index contributed by atoms with van der Waals surface area (Å²) < 4.78 is 17.7. The zero-order valence-electron chi connectivity index (χ0n) is 19.5. The van der Waals surface area contributed by atoms with Gasteiger partial charge in [0.05, 0.1) is 48.6 Å². The number of halogens is 2. The maximum Gasteiger partial charge on any atom is 0.171 e. The first-order valence-electron chi connectivity index (χ1n) is 11.9. The van der Waals surface area contributed by atoms with E-state index >= 15 is 0 Å². The monoisotopic (exact) mass is 507 g/mol. The highest BCUT2D eigenvalue weighted by Gasteiger charge is 2.42. The Morgan fingerprint density at radius 1 is 1.12 bits per heavy atom. The second-order valence-corrected chi connectivity index (χ2v) is 9.98. The Morgan fingerprint density at radius 3 is 2.62 bits per heavy atom. The summed E-state index contributed by atoms with van der Waals surface area (Å²) in [7, 11) is 1.70. The maximum atomic E-state index is 6.46. The third kappa shape index (κ3) is 4.85. The SMILES string of the molecule is COc1cc(C2NNC3CCC(O[C@H](C)c4c(Cl)cncc4Cl)CC32)cnc1N1CCOCC1. The van der Waals surface area contributed by atoms with Gasteiger partial charge in [-0.3, -0.25) is 10.4 Å². The van der Waals surface area contributed by atoms with Crippen molar-refractivity contribution in [3.8, 4) is 5.75 Å². The molecule has 1 aliphatic carbocycles. The minimum atomic E-state index is -0.208. The van der Waals surface area contributed by atoms with Crippen LogP contribution in [0.1, 0.15) is 49.5 Å². The van der Waals surface area contributed by atoms with Gasteiger partial charge in [-0.05, 0) is 43.7 Å². The average Bonchev–Trinajstić information content (AvgIpc) is 3.27. The number of pyridine rings is 2. The summed E-state index contributed by atoms with van der Waals surface area (Å²) in [4.78, 5) is 11.1. The molecule has 2 aliphatic heterocycles. The Balaban J connectivity index is 1.30. The van der Waals surface area contributed by atoms with E-state index in [-0.39, 0.29) is 18.2 Å². The number of fused-ring (bicyclic) bond motifs is 1. The predicted molar refractivity (Wildman–Crippen MR) is 132 cm³/mol. The fourth-order valence-electron chi connectivity index (χ4n) is 5.42. The van der Waals surface area contributed by atoms with Gasteiger partial charge < -0.3 is 19.1 Å². The second-order valence-electron chi connectivity index (χ2n) is 9.16. The van der Waals surface area contributed by atoms with Crippen LogP contribution in [-0.4, -0.2) is 55.5 Å². The molecule has 0 radical (unpaired) electrons. The molecule has 1 saturated carbocycles. The molecule has 2 aromatic rings. The average molecular weight is 508 g/mol. The Labute approximate surface area is 210 Å². The molecular weight excluding hydrogens is 477 g/mol. The van der Waals surface area contributed by atoms with E-state index in [0.717, 1.165) is 55.0 Å². The topological polar surface area (TPSA) is 80.8 Å². The molecule has 10 heteroatoms. The first-order valence-corrected chi connectivity index (χ1v) is 12.6. The molecule has 3 fully saturated rings. The minimum Gasteiger partial charge on any atom is -0.493 e. The van der Waals surface area contributed by atoms with E-state index in [1.807, 2.05) is 13.1 Å². The van der Waals surface area contributed by atoms with Gasteiger partial charge in [-0.15, -0.1) is 0 Å². The summed E-state index contributed by atoms with van der Waals surface area (Å²) in [5.74, 6) is 2.04. The van der Waals surface area contributed by atoms with Crippen LogP contribution in [0.5, 0.6) is 5.75 Å². The normalized spacial score (nSPS) is 27.9. The van der Waals surface area contributed by atoms with E-state index in [1.165, 1.54) is 0 Å². The van der Waals surface area contributed by atoms with Gasteiger partial charge in [0.2, 0.25) is 0 Å². The summed E-state index contributed by atoms with van der Waals surface area (Å²) in [6.45, 7) is 5.06. The predicted octanol–water partition coefficient (Wildman–Crippen LogP) is 4.09. The highest BCUT2D eigenvalue weighted by molar-refractivity contribution is 6.35. The highest BCUT2D eigenvalue weighted by atomic mass is 35.5. The standard InChI is InChI=1S/C24H31Cl2N5O3/c1-14(22-18(25)12-27-13-19(22)26)34-16-3-4-20-17(10-16)23(30-29-20)15-9-21(32-2)24(28-11-15)31-5-7-33-8-6-31/h9,11-14,16-17,20,23,29-30H,3-8,10H2,1-2H3/t14-,16?,17?,20?,23?/m1/s1. The first kappa shape index (κ1) is 24.0. The molecule has 2 aromatic heterocycles. The number of nitrogens with one attached hydrogen (secondary N) is 2. The first-order chi connectivity index (χ1) is 16.5. The molecule has 2 saturated heterocycles. The lowest BCUT2D eigenvalue weighted by molar-refractivity contribution is -0.0370. The minimum absolute atomic E-state index is 0.114. The number of anilines is 1. The molecule has 4 heterocycles. The number of aromatic nitrogens is 2. The van der Waals surface area contributed by atoms with Crippen LogP contribution >= 0.6 is 23.2 Å². The fraction of sp³-hybridized carbons (Fsp3) is 0.583. The van der Waals surface area contributed by atoms with Crippen molar-refractivity contribution in [3.05, 3.63) is 45.8 Å². The van der Waals surface area contributed by atoms with Gasteiger partial charge in [0, 0.05) is 43.3 Å². The van der Waals surface area contributed by atoms with Crippen LogP contribution in [0.3, 0.4) is 0 Å². The van der Waals surface area contributed by atoms with Gasteiger partial charge in [0.1, 0.15) is 0 Å². The molecule has 0 spiro atoms. The number of hydrogen-bond donors (Lipinski definition) is 2. The third-order valence-corrected chi connectivity index (χ3v) is 7.74. The van der Waals surface area contributed by atoms with Crippen molar-refractivity contribution < 1.29 is 14.2 Å². The third-order valence-electron chi connectivity index (χ3n) is 7.14. The summed E-state index contributed by atoms with van der Waals surface area (Å²) in [6, 6.07) is 2.63. The molecule has 4 unspecified atom stereocenters. The molecule has 0 aromatic carbocycles. The van der Waals surface area contributed by atoms with Gasteiger partial charge in [-0.1, -0.05) is 23.2 Å². The number of rotatable bonds is 6. The zero-order valence-corrected chi connectivity index (χ0v) is 21.0. The molecule has 5 rings (SSSR count). The van der Waals surface area contributed by atoms with E-state index in [2.05, 4.69) is 26.8 Å².